The monoisotopic (exact) mass is 274 g/mol. The molecule has 1 rings (SSSR count). The van der Waals surface area contributed by atoms with Crippen LogP contribution >= 0.6 is 0 Å². The first-order chi connectivity index (χ1) is 9.46. The van der Waals surface area contributed by atoms with Crippen LogP contribution in [0.1, 0.15) is 10.4 Å². The Morgan fingerprint density at radius 1 is 1.15 bits per heavy atom. The van der Waals surface area contributed by atoms with Crippen LogP contribution in [-0.2, 0) is 0 Å². The van der Waals surface area contributed by atoms with Gasteiger partial charge in [0.05, 0.1) is 5.69 Å². The number of benzene rings is 1. The van der Waals surface area contributed by atoms with Crippen LogP contribution in [0.2, 0.25) is 0 Å². The molecule has 0 aliphatic rings. The second-order valence-corrected chi connectivity index (χ2v) is 3.30. The van der Waals surface area contributed by atoms with E-state index in [1.54, 1.807) is 0 Å². The largest absolute Gasteiger partial charge is 0.478 e. The number of hydrogen-bond acceptors (Lipinski definition) is 5. The van der Waals surface area contributed by atoms with E-state index in [1.165, 1.54) is 18.2 Å². The molecular weight excluding hydrogens is 270 g/mol. The van der Waals surface area contributed by atoms with E-state index >= 15 is 0 Å². The second kappa shape index (κ2) is 5.94. The SMILES string of the molecule is N#CC(C#N)=C(C#N)Nc1ccc(F)c(F)c1C(=O)O. The van der Waals surface area contributed by atoms with Crippen molar-refractivity contribution in [3.8, 4) is 18.2 Å². The first-order valence-electron chi connectivity index (χ1n) is 4.89. The maximum Gasteiger partial charge on any atom is 0.340 e. The van der Waals surface area contributed by atoms with Crippen molar-refractivity contribution in [2.45, 2.75) is 0 Å². The van der Waals surface area contributed by atoms with E-state index < -0.39 is 40.1 Å². The highest BCUT2D eigenvalue weighted by molar-refractivity contribution is 5.95. The van der Waals surface area contributed by atoms with Gasteiger partial charge in [0.2, 0.25) is 0 Å². The van der Waals surface area contributed by atoms with Gasteiger partial charge in [0, 0.05) is 0 Å². The molecule has 2 N–H and O–H groups in total. The molecular formula is C12H4F2N4O2. The van der Waals surface area contributed by atoms with Gasteiger partial charge in [-0.25, -0.2) is 13.6 Å². The Bertz CT molecular complexity index is 720. The van der Waals surface area contributed by atoms with Gasteiger partial charge in [-0.05, 0) is 12.1 Å². The third-order valence-electron chi connectivity index (χ3n) is 2.15. The highest BCUT2D eigenvalue weighted by Gasteiger charge is 2.21. The van der Waals surface area contributed by atoms with Gasteiger partial charge in [-0.15, -0.1) is 0 Å². The van der Waals surface area contributed by atoms with E-state index in [4.69, 9.17) is 20.9 Å². The third kappa shape index (κ3) is 2.69. The summed E-state index contributed by atoms with van der Waals surface area (Å²) in [6.07, 6.45) is 0. The standard InChI is InChI=1S/C12H4F2N4O2/c13-7-1-2-8(10(11(7)14)12(19)20)18-9(5-17)6(3-15)4-16/h1-2,18H,(H,19,20). The van der Waals surface area contributed by atoms with E-state index in [9.17, 15) is 13.6 Å². The van der Waals surface area contributed by atoms with Crippen LogP contribution in [0.25, 0.3) is 0 Å². The van der Waals surface area contributed by atoms with Crippen molar-refractivity contribution in [1.82, 2.24) is 0 Å². The average Bonchev–Trinajstić information content (AvgIpc) is 2.42. The normalized spacial score (nSPS) is 8.75. The van der Waals surface area contributed by atoms with E-state index in [2.05, 4.69) is 5.32 Å². The molecule has 0 saturated heterocycles. The molecule has 0 unspecified atom stereocenters. The third-order valence-corrected chi connectivity index (χ3v) is 2.15. The molecule has 8 heteroatoms. The topological polar surface area (TPSA) is 121 Å². The quantitative estimate of drug-likeness (QED) is 0.812. The number of anilines is 1. The zero-order valence-electron chi connectivity index (χ0n) is 9.61. The van der Waals surface area contributed by atoms with Gasteiger partial charge in [0.1, 0.15) is 29.5 Å². The summed E-state index contributed by atoms with van der Waals surface area (Å²) in [4.78, 5) is 10.9. The maximum absolute atomic E-state index is 13.4. The number of rotatable bonds is 3. The Kier molecular flexibility index (Phi) is 4.34. The van der Waals surface area contributed by atoms with Crippen molar-refractivity contribution in [3.05, 3.63) is 40.6 Å². The second-order valence-electron chi connectivity index (χ2n) is 3.30. The Morgan fingerprint density at radius 2 is 1.75 bits per heavy atom. The van der Waals surface area contributed by atoms with Crippen molar-refractivity contribution in [3.63, 3.8) is 0 Å². The number of carboxylic acids is 1. The van der Waals surface area contributed by atoms with Crippen molar-refractivity contribution in [2.75, 3.05) is 5.32 Å². The summed E-state index contributed by atoms with van der Waals surface area (Å²) in [5, 5.41) is 37.0. The minimum atomic E-state index is -1.77. The van der Waals surface area contributed by atoms with E-state index in [-0.39, 0.29) is 0 Å². The van der Waals surface area contributed by atoms with Crippen LogP contribution in [-0.4, -0.2) is 11.1 Å². The lowest BCUT2D eigenvalue weighted by molar-refractivity contribution is 0.0692. The number of nitrogens with one attached hydrogen (secondary N) is 1. The molecule has 0 radical (unpaired) electrons. The average molecular weight is 274 g/mol. The Balaban J connectivity index is 3.46. The number of nitriles is 3. The number of halogens is 2. The van der Waals surface area contributed by atoms with E-state index in [0.29, 0.717) is 6.07 Å². The number of carboxylic acid groups (broad SMARTS) is 1. The zero-order chi connectivity index (χ0) is 15.3. The number of hydrogen-bond donors (Lipinski definition) is 2. The summed E-state index contributed by atoms with van der Waals surface area (Å²) < 4.78 is 26.4. The summed E-state index contributed by atoms with van der Waals surface area (Å²) in [6, 6.07) is 5.83. The van der Waals surface area contributed by atoms with Crippen molar-refractivity contribution in [2.24, 2.45) is 0 Å². The minimum Gasteiger partial charge on any atom is -0.478 e. The number of carbonyl (C=O) groups is 1. The summed E-state index contributed by atoms with van der Waals surface area (Å²) >= 11 is 0. The molecule has 0 spiro atoms. The van der Waals surface area contributed by atoms with Crippen LogP contribution < -0.4 is 5.32 Å². The smallest absolute Gasteiger partial charge is 0.340 e. The summed E-state index contributed by atoms with van der Waals surface area (Å²) in [5.41, 5.74) is -2.67. The lowest BCUT2D eigenvalue weighted by Gasteiger charge is -2.09. The molecule has 98 valence electrons. The van der Waals surface area contributed by atoms with Crippen LogP contribution in [0.3, 0.4) is 0 Å². The highest BCUT2D eigenvalue weighted by Crippen LogP contribution is 2.23. The summed E-state index contributed by atoms with van der Waals surface area (Å²) in [5.74, 6) is -4.76. The molecule has 20 heavy (non-hydrogen) atoms. The minimum absolute atomic E-state index is 0.448. The molecule has 1 aromatic carbocycles. The zero-order valence-corrected chi connectivity index (χ0v) is 9.61. The van der Waals surface area contributed by atoms with Gasteiger partial charge in [0.25, 0.3) is 0 Å². The lowest BCUT2D eigenvalue weighted by atomic mass is 10.1. The number of allylic oxidation sites excluding steroid dienone is 2. The molecule has 1 aromatic rings. The van der Waals surface area contributed by atoms with Gasteiger partial charge >= 0.3 is 5.97 Å². The van der Waals surface area contributed by atoms with E-state index in [0.717, 1.165) is 6.07 Å². The lowest BCUT2D eigenvalue weighted by Crippen LogP contribution is -2.10. The van der Waals surface area contributed by atoms with Gasteiger partial charge in [-0.3, -0.25) is 0 Å². The summed E-state index contributed by atoms with van der Waals surface area (Å²) in [7, 11) is 0. The van der Waals surface area contributed by atoms with Crippen LogP contribution in [0.4, 0.5) is 14.5 Å². The first-order valence-corrected chi connectivity index (χ1v) is 4.89. The van der Waals surface area contributed by atoms with Crippen LogP contribution in [0.5, 0.6) is 0 Å². The molecule has 0 aliphatic carbocycles. The molecule has 0 atom stereocenters. The van der Waals surface area contributed by atoms with Crippen LogP contribution in [0, 0.1) is 45.6 Å². The fourth-order valence-electron chi connectivity index (χ4n) is 1.28. The van der Waals surface area contributed by atoms with Crippen molar-refractivity contribution >= 4 is 11.7 Å². The molecule has 0 amide bonds. The molecule has 0 bridgehead atoms. The molecule has 6 nitrogen and oxygen atoms in total. The van der Waals surface area contributed by atoms with Gasteiger partial charge < -0.3 is 10.4 Å². The van der Waals surface area contributed by atoms with Crippen molar-refractivity contribution in [1.29, 1.82) is 15.8 Å². The number of nitrogens with zero attached hydrogens (tertiary/aromatic N) is 3. The Labute approximate surface area is 111 Å². The molecule has 0 aromatic heterocycles. The van der Waals surface area contributed by atoms with Crippen LogP contribution in [0.15, 0.2) is 23.4 Å². The predicted octanol–water partition coefficient (Wildman–Crippen LogP) is 1.90. The molecule has 0 fully saturated rings. The van der Waals surface area contributed by atoms with Gasteiger partial charge in [0.15, 0.2) is 17.2 Å². The maximum atomic E-state index is 13.4. The fraction of sp³-hybridized carbons (Fsp3) is 0. The van der Waals surface area contributed by atoms with Crippen molar-refractivity contribution < 1.29 is 18.7 Å². The van der Waals surface area contributed by atoms with Gasteiger partial charge in [-0.2, -0.15) is 15.8 Å². The Hall–Kier alpha value is -3.44. The molecule has 0 saturated carbocycles. The first kappa shape index (κ1) is 14.6. The summed E-state index contributed by atoms with van der Waals surface area (Å²) in [6.45, 7) is 0. The molecule has 0 aliphatic heterocycles. The molecule has 0 heterocycles. The number of aromatic carboxylic acids is 1. The van der Waals surface area contributed by atoms with Gasteiger partial charge in [-0.1, -0.05) is 0 Å². The van der Waals surface area contributed by atoms with E-state index in [1.807, 2.05) is 0 Å². The Morgan fingerprint density at radius 3 is 2.20 bits per heavy atom. The predicted molar refractivity (Wildman–Crippen MR) is 60.8 cm³/mol. The highest BCUT2D eigenvalue weighted by atomic mass is 19.2. The fourth-order valence-corrected chi connectivity index (χ4v) is 1.28.